The Morgan fingerprint density at radius 3 is 2.72 bits per heavy atom. The molecule has 0 saturated heterocycles. The molecular weight excluding hydrogens is 403 g/mol. The zero-order valence-corrected chi connectivity index (χ0v) is 14.5. The number of nitrogens with one attached hydrogen (secondary N) is 1. The average Bonchev–Trinajstić information content (AvgIpc) is 2.31. The number of rotatable bonds is 6. The summed E-state index contributed by atoms with van der Waals surface area (Å²) in [6.07, 6.45) is 3.12. The number of hydrogen-bond acceptors (Lipinski definition) is 2. The standard InChI is InChI=1S/C14H18BrIN2/c1-14(2,10-17)7-3-4-8-18-13-6-5-11(16)9-12(13)15/h5-6,9,18H,3-4,7-8H2,1-2H3. The first kappa shape index (κ1) is 15.8. The highest BCUT2D eigenvalue weighted by molar-refractivity contribution is 14.1. The maximum Gasteiger partial charge on any atom is 0.0683 e. The van der Waals surface area contributed by atoms with Gasteiger partial charge in [-0.2, -0.15) is 5.26 Å². The summed E-state index contributed by atoms with van der Waals surface area (Å²) >= 11 is 5.85. The number of anilines is 1. The van der Waals surface area contributed by atoms with Gasteiger partial charge in [-0.1, -0.05) is 6.42 Å². The normalized spacial score (nSPS) is 11.1. The van der Waals surface area contributed by atoms with Crippen LogP contribution in [0, 0.1) is 20.3 Å². The highest BCUT2D eigenvalue weighted by atomic mass is 127. The Labute approximate surface area is 131 Å². The lowest BCUT2D eigenvalue weighted by Crippen LogP contribution is -2.09. The Morgan fingerprint density at radius 2 is 2.11 bits per heavy atom. The van der Waals surface area contributed by atoms with E-state index in [0.717, 1.165) is 36.0 Å². The molecule has 1 N–H and O–H groups in total. The van der Waals surface area contributed by atoms with Gasteiger partial charge in [0.2, 0.25) is 0 Å². The lowest BCUT2D eigenvalue weighted by molar-refractivity contribution is 0.430. The molecule has 0 atom stereocenters. The molecule has 4 heteroatoms. The maximum atomic E-state index is 8.92. The van der Waals surface area contributed by atoms with Gasteiger partial charge in [-0.3, -0.25) is 0 Å². The van der Waals surface area contributed by atoms with Crippen LogP contribution in [0.5, 0.6) is 0 Å². The van der Waals surface area contributed by atoms with Gasteiger partial charge in [0.05, 0.1) is 11.5 Å². The van der Waals surface area contributed by atoms with E-state index >= 15 is 0 Å². The molecule has 0 spiro atoms. The fourth-order valence-electron chi connectivity index (χ4n) is 1.60. The van der Waals surface area contributed by atoms with E-state index < -0.39 is 0 Å². The summed E-state index contributed by atoms with van der Waals surface area (Å²) < 4.78 is 2.33. The number of halogens is 2. The van der Waals surface area contributed by atoms with Gasteiger partial charge in [0.25, 0.3) is 0 Å². The number of hydrogen-bond donors (Lipinski definition) is 1. The average molecular weight is 421 g/mol. The van der Waals surface area contributed by atoms with Crippen molar-refractivity contribution in [2.45, 2.75) is 33.1 Å². The molecule has 0 aliphatic carbocycles. The summed E-state index contributed by atoms with van der Waals surface area (Å²) in [6.45, 7) is 4.94. The molecule has 0 aliphatic rings. The predicted octanol–water partition coefficient (Wildman–Crippen LogP) is 5.19. The molecule has 0 aliphatic heterocycles. The SMILES string of the molecule is CC(C)(C#N)CCCCNc1ccc(I)cc1Br. The van der Waals surface area contributed by atoms with Crippen LogP contribution >= 0.6 is 38.5 Å². The van der Waals surface area contributed by atoms with Gasteiger partial charge < -0.3 is 5.32 Å². The molecular formula is C14H18BrIN2. The van der Waals surface area contributed by atoms with Crippen LogP contribution < -0.4 is 5.32 Å². The molecule has 98 valence electrons. The summed E-state index contributed by atoms with van der Waals surface area (Å²) in [6, 6.07) is 8.61. The van der Waals surface area contributed by atoms with Crippen LogP contribution in [0.1, 0.15) is 33.1 Å². The van der Waals surface area contributed by atoms with Gasteiger partial charge in [0, 0.05) is 20.3 Å². The summed E-state index contributed by atoms with van der Waals surface area (Å²) in [5.41, 5.74) is 0.943. The molecule has 1 rings (SSSR count). The minimum atomic E-state index is -0.191. The quantitative estimate of drug-likeness (QED) is 0.508. The lowest BCUT2D eigenvalue weighted by Gasteiger charge is -2.15. The second kappa shape index (κ2) is 7.34. The largest absolute Gasteiger partial charge is 0.384 e. The van der Waals surface area contributed by atoms with E-state index in [0.29, 0.717) is 0 Å². The Balaban J connectivity index is 2.29. The number of nitrogens with zero attached hydrogens (tertiary/aromatic N) is 1. The Morgan fingerprint density at radius 1 is 1.39 bits per heavy atom. The molecule has 0 amide bonds. The van der Waals surface area contributed by atoms with Crippen molar-refractivity contribution >= 4 is 44.2 Å². The van der Waals surface area contributed by atoms with Gasteiger partial charge in [-0.25, -0.2) is 0 Å². The van der Waals surface area contributed by atoms with Crippen LogP contribution in [-0.2, 0) is 0 Å². The van der Waals surface area contributed by atoms with Crippen molar-refractivity contribution in [3.05, 3.63) is 26.2 Å². The Bertz CT molecular complexity index is 438. The fourth-order valence-corrected chi connectivity index (χ4v) is 3.04. The zero-order chi connectivity index (χ0) is 13.6. The van der Waals surface area contributed by atoms with E-state index in [-0.39, 0.29) is 5.41 Å². The van der Waals surface area contributed by atoms with Gasteiger partial charge >= 0.3 is 0 Å². The van der Waals surface area contributed by atoms with Gasteiger partial charge in [-0.15, -0.1) is 0 Å². The first-order valence-corrected chi connectivity index (χ1v) is 7.92. The molecule has 0 fully saturated rings. The zero-order valence-electron chi connectivity index (χ0n) is 10.8. The molecule has 2 nitrogen and oxygen atoms in total. The van der Waals surface area contributed by atoms with E-state index in [9.17, 15) is 0 Å². The van der Waals surface area contributed by atoms with Gasteiger partial charge in [0.15, 0.2) is 0 Å². The van der Waals surface area contributed by atoms with E-state index in [4.69, 9.17) is 5.26 Å². The van der Waals surface area contributed by atoms with E-state index in [1.54, 1.807) is 0 Å². The maximum absolute atomic E-state index is 8.92. The van der Waals surface area contributed by atoms with Crippen molar-refractivity contribution in [3.8, 4) is 6.07 Å². The van der Waals surface area contributed by atoms with Crippen LogP contribution in [0.2, 0.25) is 0 Å². The highest BCUT2D eigenvalue weighted by Gasteiger charge is 2.15. The predicted molar refractivity (Wildman–Crippen MR) is 88.6 cm³/mol. The van der Waals surface area contributed by atoms with Crippen molar-refractivity contribution < 1.29 is 0 Å². The minimum Gasteiger partial charge on any atom is -0.384 e. The monoisotopic (exact) mass is 420 g/mol. The van der Waals surface area contributed by atoms with Crippen LogP contribution in [0.4, 0.5) is 5.69 Å². The molecule has 0 saturated carbocycles. The number of unbranched alkanes of at least 4 members (excludes halogenated alkanes) is 1. The van der Waals surface area contributed by atoms with Gasteiger partial charge in [0.1, 0.15) is 0 Å². The summed E-state index contributed by atoms with van der Waals surface area (Å²) in [5.74, 6) is 0. The summed E-state index contributed by atoms with van der Waals surface area (Å²) in [7, 11) is 0. The first-order valence-electron chi connectivity index (χ1n) is 6.05. The van der Waals surface area contributed by atoms with E-state index in [2.05, 4.69) is 68.1 Å². The molecule has 1 aromatic rings. The topological polar surface area (TPSA) is 35.8 Å². The molecule has 0 radical (unpaired) electrons. The second-order valence-electron chi connectivity index (χ2n) is 5.00. The van der Waals surface area contributed by atoms with Crippen molar-refractivity contribution in [3.63, 3.8) is 0 Å². The van der Waals surface area contributed by atoms with E-state index in [1.165, 1.54) is 3.57 Å². The molecule has 18 heavy (non-hydrogen) atoms. The summed E-state index contributed by atoms with van der Waals surface area (Å²) in [4.78, 5) is 0. The lowest BCUT2D eigenvalue weighted by atomic mass is 9.89. The number of nitriles is 1. The third-order valence-corrected chi connectivity index (χ3v) is 4.10. The fraction of sp³-hybridized carbons (Fsp3) is 0.500. The first-order chi connectivity index (χ1) is 8.44. The van der Waals surface area contributed by atoms with E-state index in [1.807, 2.05) is 13.8 Å². The molecule has 0 heterocycles. The van der Waals surface area contributed by atoms with Crippen molar-refractivity contribution in [1.82, 2.24) is 0 Å². The third-order valence-electron chi connectivity index (χ3n) is 2.78. The molecule has 0 aromatic heterocycles. The highest BCUT2D eigenvalue weighted by Crippen LogP contribution is 2.25. The van der Waals surface area contributed by atoms with Gasteiger partial charge in [-0.05, 0) is 83.4 Å². The van der Waals surface area contributed by atoms with Crippen molar-refractivity contribution in [2.24, 2.45) is 5.41 Å². The smallest absolute Gasteiger partial charge is 0.0683 e. The van der Waals surface area contributed by atoms with Crippen LogP contribution in [0.15, 0.2) is 22.7 Å². The second-order valence-corrected chi connectivity index (χ2v) is 7.10. The van der Waals surface area contributed by atoms with Crippen molar-refractivity contribution in [2.75, 3.05) is 11.9 Å². The molecule has 0 bridgehead atoms. The third kappa shape index (κ3) is 5.57. The van der Waals surface area contributed by atoms with Crippen LogP contribution in [0.25, 0.3) is 0 Å². The van der Waals surface area contributed by atoms with Crippen LogP contribution in [0.3, 0.4) is 0 Å². The van der Waals surface area contributed by atoms with Crippen LogP contribution in [-0.4, -0.2) is 6.54 Å². The Kier molecular flexibility index (Phi) is 6.44. The molecule has 0 unspecified atom stereocenters. The minimum absolute atomic E-state index is 0.191. The Hall–Kier alpha value is -0.280. The number of benzene rings is 1. The summed E-state index contributed by atoms with van der Waals surface area (Å²) in [5, 5.41) is 12.3. The molecule has 1 aromatic carbocycles. The van der Waals surface area contributed by atoms with Crippen molar-refractivity contribution in [1.29, 1.82) is 5.26 Å².